The van der Waals surface area contributed by atoms with Crippen molar-refractivity contribution in [1.29, 1.82) is 0 Å². The number of hydrogen-bond donors (Lipinski definition) is 1. The van der Waals surface area contributed by atoms with E-state index in [2.05, 4.69) is 15.5 Å². The number of carbonyl (C=O) groups is 1. The summed E-state index contributed by atoms with van der Waals surface area (Å²) in [5.41, 5.74) is 1.43. The molecule has 7 heteroatoms. The van der Waals surface area contributed by atoms with E-state index in [-0.39, 0.29) is 17.5 Å². The van der Waals surface area contributed by atoms with Crippen LogP contribution in [0.3, 0.4) is 0 Å². The monoisotopic (exact) mass is 341 g/mol. The molecule has 128 valence electrons. The Labute approximate surface area is 143 Å². The Bertz CT molecular complexity index is 862. The molecule has 0 spiro atoms. The molecule has 0 unspecified atom stereocenters. The molecule has 1 aromatic heterocycles. The van der Waals surface area contributed by atoms with Crippen LogP contribution in [-0.2, 0) is 6.54 Å². The first kappa shape index (κ1) is 16.6. The lowest BCUT2D eigenvalue weighted by molar-refractivity contribution is 0.0937. The summed E-state index contributed by atoms with van der Waals surface area (Å²) in [5, 5.41) is 6.38. The summed E-state index contributed by atoms with van der Waals surface area (Å²) in [6.07, 6.45) is 0. The van der Waals surface area contributed by atoms with Gasteiger partial charge in [0, 0.05) is 12.1 Å². The van der Waals surface area contributed by atoms with Crippen LogP contribution in [0, 0.1) is 5.82 Å². The Hall–Kier alpha value is -3.22. The summed E-state index contributed by atoms with van der Waals surface area (Å²) in [6.45, 7) is 2.79. The maximum Gasteiger partial charge on any atom is 0.292 e. The van der Waals surface area contributed by atoms with Gasteiger partial charge in [-0.3, -0.25) is 4.79 Å². The van der Waals surface area contributed by atoms with Crippen LogP contribution >= 0.6 is 0 Å². The van der Waals surface area contributed by atoms with E-state index >= 15 is 0 Å². The van der Waals surface area contributed by atoms with Gasteiger partial charge in [-0.2, -0.15) is 4.98 Å². The van der Waals surface area contributed by atoms with Crippen molar-refractivity contribution in [3.8, 4) is 17.2 Å². The number of ether oxygens (including phenoxy) is 1. The third-order valence-corrected chi connectivity index (χ3v) is 3.38. The molecular weight excluding hydrogens is 325 g/mol. The minimum Gasteiger partial charge on any atom is -0.494 e. The summed E-state index contributed by atoms with van der Waals surface area (Å²) in [7, 11) is 0. The van der Waals surface area contributed by atoms with Gasteiger partial charge >= 0.3 is 0 Å². The molecule has 0 saturated carbocycles. The molecule has 2 aromatic carbocycles. The lowest BCUT2D eigenvalue weighted by atomic mass is 10.2. The molecule has 3 rings (SSSR count). The van der Waals surface area contributed by atoms with Gasteiger partial charge in [0.05, 0.1) is 6.61 Å². The SMILES string of the molecule is CCOc1cccc(CNC(=O)c2noc(-c3ccc(F)cc3)n2)c1. The number of nitrogens with zero attached hydrogens (tertiary/aromatic N) is 2. The number of aromatic nitrogens is 2. The van der Waals surface area contributed by atoms with E-state index < -0.39 is 5.91 Å². The molecule has 0 fully saturated rings. The van der Waals surface area contributed by atoms with Crippen LogP contribution in [0.2, 0.25) is 0 Å². The van der Waals surface area contributed by atoms with Crippen molar-refractivity contribution in [2.75, 3.05) is 6.61 Å². The standard InChI is InChI=1S/C18H16FN3O3/c1-2-24-15-5-3-4-12(10-15)11-20-17(23)16-21-18(25-22-16)13-6-8-14(19)9-7-13/h3-10H,2,11H2,1H3,(H,20,23). The fraction of sp³-hybridized carbons (Fsp3) is 0.167. The Morgan fingerprint density at radius 3 is 2.80 bits per heavy atom. The van der Waals surface area contributed by atoms with Crippen molar-refractivity contribution in [3.63, 3.8) is 0 Å². The number of rotatable bonds is 6. The number of hydrogen-bond acceptors (Lipinski definition) is 5. The largest absolute Gasteiger partial charge is 0.494 e. The van der Waals surface area contributed by atoms with Gasteiger partial charge in [-0.1, -0.05) is 17.3 Å². The first-order valence-electron chi connectivity index (χ1n) is 7.75. The van der Waals surface area contributed by atoms with Crippen LogP contribution in [0.15, 0.2) is 53.1 Å². The van der Waals surface area contributed by atoms with Gasteiger partial charge in [0.1, 0.15) is 11.6 Å². The quantitative estimate of drug-likeness (QED) is 0.745. The van der Waals surface area contributed by atoms with Crippen molar-refractivity contribution >= 4 is 5.91 Å². The maximum atomic E-state index is 12.9. The number of halogens is 1. The number of nitrogens with one attached hydrogen (secondary N) is 1. The van der Waals surface area contributed by atoms with Gasteiger partial charge in [-0.05, 0) is 48.9 Å². The van der Waals surface area contributed by atoms with Gasteiger partial charge in [0.25, 0.3) is 17.6 Å². The van der Waals surface area contributed by atoms with E-state index in [0.29, 0.717) is 18.7 Å². The first-order valence-corrected chi connectivity index (χ1v) is 7.75. The molecule has 25 heavy (non-hydrogen) atoms. The number of amides is 1. The molecule has 1 N–H and O–H groups in total. The molecule has 1 heterocycles. The number of benzene rings is 2. The van der Waals surface area contributed by atoms with Crippen LogP contribution < -0.4 is 10.1 Å². The highest BCUT2D eigenvalue weighted by molar-refractivity contribution is 5.90. The maximum absolute atomic E-state index is 12.9. The highest BCUT2D eigenvalue weighted by Gasteiger charge is 2.15. The minimum absolute atomic E-state index is 0.0831. The van der Waals surface area contributed by atoms with E-state index in [0.717, 1.165) is 11.3 Å². The van der Waals surface area contributed by atoms with E-state index in [4.69, 9.17) is 9.26 Å². The van der Waals surface area contributed by atoms with E-state index in [1.807, 2.05) is 31.2 Å². The molecule has 0 radical (unpaired) electrons. The van der Waals surface area contributed by atoms with Crippen molar-refractivity contribution < 1.29 is 18.4 Å². The molecule has 0 atom stereocenters. The predicted octanol–water partition coefficient (Wildman–Crippen LogP) is 3.20. The summed E-state index contributed by atoms with van der Waals surface area (Å²) in [4.78, 5) is 16.2. The normalized spacial score (nSPS) is 10.5. The van der Waals surface area contributed by atoms with E-state index in [1.54, 1.807) is 0 Å². The molecule has 6 nitrogen and oxygen atoms in total. The van der Waals surface area contributed by atoms with E-state index in [9.17, 15) is 9.18 Å². The van der Waals surface area contributed by atoms with E-state index in [1.165, 1.54) is 24.3 Å². The fourth-order valence-electron chi connectivity index (χ4n) is 2.20. The Kier molecular flexibility index (Phi) is 5.03. The molecular formula is C18H16FN3O3. The summed E-state index contributed by atoms with van der Waals surface area (Å²) in [5.74, 6) is -0.00868. The third kappa shape index (κ3) is 4.20. The molecule has 3 aromatic rings. The second-order valence-electron chi connectivity index (χ2n) is 5.19. The molecule has 1 amide bonds. The second kappa shape index (κ2) is 7.57. The zero-order valence-corrected chi connectivity index (χ0v) is 13.5. The zero-order valence-electron chi connectivity index (χ0n) is 13.5. The molecule has 0 aliphatic heterocycles. The Morgan fingerprint density at radius 1 is 1.24 bits per heavy atom. The highest BCUT2D eigenvalue weighted by Crippen LogP contribution is 2.17. The predicted molar refractivity (Wildman–Crippen MR) is 88.5 cm³/mol. The van der Waals surface area contributed by atoms with Crippen molar-refractivity contribution in [3.05, 3.63) is 65.7 Å². The summed E-state index contributed by atoms with van der Waals surface area (Å²) in [6, 6.07) is 13.0. The average Bonchev–Trinajstić information content (AvgIpc) is 3.11. The second-order valence-corrected chi connectivity index (χ2v) is 5.19. The first-order chi connectivity index (χ1) is 12.2. The molecule has 0 bridgehead atoms. The lowest BCUT2D eigenvalue weighted by Crippen LogP contribution is -2.23. The highest BCUT2D eigenvalue weighted by atomic mass is 19.1. The lowest BCUT2D eigenvalue weighted by Gasteiger charge is -2.06. The average molecular weight is 341 g/mol. The third-order valence-electron chi connectivity index (χ3n) is 3.38. The molecule has 0 aliphatic rings. The van der Waals surface area contributed by atoms with Crippen molar-refractivity contribution in [2.24, 2.45) is 0 Å². The van der Waals surface area contributed by atoms with Gasteiger partial charge < -0.3 is 14.6 Å². The zero-order chi connectivity index (χ0) is 17.6. The van der Waals surface area contributed by atoms with Gasteiger partial charge in [-0.15, -0.1) is 0 Å². The smallest absolute Gasteiger partial charge is 0.292 e. The van der Waals surface area contributed by atoms with Crippen LogP contribution in [0.5, 0.6) is 5.75 Å². The summed E-state index contributed by atoms with van der Waals surface area (Å²) >= 11 is 0. The van der Waals surface area contributed by atoms with Crippen LogP contribution in [0.1, 0.15) is 23.1 Å². The van der Waals surface area contributed by atoms with Crippen LogP contribution in [0.4, 0.5) is 4.39 Å². The topological polar surface area (TPSA) is 77.2 Å². The van der Waals surface area contributed by atoms with Crippen molar-refractivity contribution in [2.45, 2.75) is 13.5 Å². The fourth-order valence-corrected chi connectivity index (χ4v) is 2.20. The molecule has 0 aliphatic carbocycles. The van der Waals surface area contributed by atoms with Gasteiger partial charge in [0.2, 0.25) is 0 Å². The minimum atomic E-state index is -0.459. The van der Waals surface area contributed by atoms with Gasteiger partial charge in [-0.25, -0.2) is 4.39 Å². The van der Waals surface area contributed by atoms with Crippen LogP contribution in [0.25, 0.3) is 11.5 Å². The van der Waals surface area contributed by atoms with Crippen LogP contribution in [-0.4, -0.2) is 22.7 Å². The Morgan fingerprint density at radius 2 is 2.04 bits per heavy atom. The Balaban J connectivity index is 1.64. The molecule has 0 saturated heterocycles. The number of carbonyl (C=O) groups excluding carboxylic acids is 1. The summed E-state index contributed by atoms with van der Waals surface area (Å²) < 4.78 is 23.4. The van der Waals surface area contributed by atoms with Crippen molar-refractivity contribution in [1.82, 2.24) is 15.5 Å². The van der Waals surface area contributed by atoms with Gasteiger partial charge in [0.15, 0.2) is 0 Å².